The van der Waals surface area contributed by atoms with Gasteiger partial charge >= 0.3 is 0 Å². The minimum Gasteiger partial charge on any atom is -0.492 e. The quantitative estimate of drug-likeness (QED) is 0.737. The van der Waals surface area contributed by atoms with Gasteiger partial charge in [0.2, 0.25) is 0 Å². The molecule has 0 radical (unpaired) electrons. The van der Waals surface area contributed by atoms with Crippen molar-refractivity contribution in [3.8, 4) is 5.75 Å². The first-order valence-corrected chi connectivity index (χ1v) is 5.63. The molecule has 1 fully saturated rings. The van der Waals surface area contributed by atoms with Crippen molar-refractivity contribution in [3.05, 3.63) is 24.3 Å². The first-order chi connectivity index (χ1) is 7.74. The third-order valence-electron chi connectivity index (χ3n) is 2.80. The monoisotopic (exact) mass is 222 g/mol. The number of nitrogens with zero attached hydrogens (tertiary/aromatic N) is 1. The molecule has 88 valence electrons. The van der Waals surface area contributed by atoms with Crippen molar-refractivity contribution in [2.24, 2.45) is 0 Å². The van der Waals surface area contributed by atoms with Gasteiger partial charge in [0.1, 0.15) is 12.4 Å². The number of nitrogen functional groups attached to an aromatic ring is 1. The first-order valence-electron chi connectivity index (χ1n) is 5.63. The van der Waals surface area contributed by atoms with E-state index in [0.717, 1.165) is 37.5 Å². The van der Waals surface area contributed by atoms with Crippen LogP contribution in [0, 0.1) is 0 Å². The Morgan fingerprint density at radius 2 is 2.12 bits per heavy atom. The molecule has 1 unspecified atom stereocenters. The highest BCUT2D eigenvalue weighted by Gasteiger charge is 2.19. The Morgan fingerprint density at radius 1 is 1.38 bits per heavy atom. The Labute approximate surface area is 95.6 Å². The zero-order chi connectivity index (χ0) is 11.4. The smallest absolute Gasteiger partial charge is 0.119 e. The zero-order valence-corrected chi connectivity index (χ0v) is 9.30. The number of likely N-dealkylation sites (tertiary alicyclic amines) is 1. The number of β-amino-alcohol motifs (C(OH)–C–C–N with tert-alkyl or cyclic N) is 1. The summed E-state index contributed by atoms with van der Waals surface area (Å²) in [5, 5.41) is 9.35. The van der Waals surface area contributed by atoms with Crippen LogP contribution in [0.4, 0.5) is 5.69 Å². The van der Waals surface area contributed by atoms with Crippen molar-refractivity contribution >= 4 is 5.69 Å². The van der Waals surface area contributed by atoms with Gasteiger partial charge in [0, 0.05) is 25.3 Å². The second kappa shape index (κ2) is 5.18. The fourth-order valence-corrected chi connectivity index (χ4v) is 1.87. The molecule has 4 nitrogen and oxygen atoms in total. The maximum atomic E-state index is 9.35. The predicted molar refractivity (Wildman–Crippen MR) is 63.4 cm³/mol. The average Bonchev–Trinajstić information content (AvgIpc) is 2.67. The summed E-state index contributed by atoms with van der Waals surface area (Å²) in [5.74, 6) is 0.842. The van der Waals surface area contributed by atoms with Crippen LogP contribution >= 0.6 is 0 Å². The molecule has 16 heavy (non-hydrogen) atoms. The third-order valence-corrected chi connectivity index (χ3v) is 2.80. The van der Waals surface area contributed by atoms with E-state index >= 15 is 0 Å². The van der Waals surface area contributed by atoms with Crippen molar-refractivity contribution in [1.82, 2.24) is 4.90 Å². The summed E-state index contributed by atoms with van der Waals surface area (Å²) in [6.45, 7) is 3.25. The van der Waals surface area contributed by atoms with E-state index in [4.69, 9.17) is 10.5 Å². The van der Waals surface area contributed by atoms with Crippen LogP contribution in [0.3, 0.4) is 0 Å². The molecular formula is C12H18N2O2. The Hall–Kier alpha value is -1.26. The largest absolute Gasteiger partial charge is 0.492 e. The maximum Gasteiger partial charge on any atom is 0.119 e. The molecule has 0 aromatic heterocycles. The molecule has 0 bridgehead atoms. The van der Waals surface area contributed by atoms with Gasteiger partial charge in [-0.25, -0.2) is 0 Å². The minimum atomic E-state index is -0.156. The minimum absolute atomic E-state index is 0.156. The maximum absolute atomic E-state index is 9.35. The summed E-state index contributed by atoms with van der Waals surface area (Å²) in [7, 11) is 0. The molecule has 0 amide bonds. The van der Waals surface area contributed by atoms with Crippen LogP contribution < -0.4 is 10.5 Å². The molecule has 0 aliphatic carbocycles. The first kappa shape index (κ1) is 11.2. The number of aliphatic hydroxyl groups is 1. The topological polar surface area (TPSA) is 58.7 Å². The highest BCUT2D eigenvalue weighted by Crippen LogP contribution is 2.13. The van der Waals surface area contributed by atoms with Gasteiger partial charge in [0.05, 0.1) is 6.10 Å². The van der Waals surface area contributed by atoms with Gasteiger partial charge in [-0.05, 0) is 30.7 Å². The predicted octanol–water partition coefficient (Wildman–Crippen LogP) is 0.714. The SMILES string of the molecule is Nc1ccc(OCCN2CCC(O)C2)cc1. The zero-order valence-electron chi connectivity index (χ0n) is 9.30. The van der Waals surface area contributed by atoms with Crippen LogP contribution in [0.15, 0.2) is 24.3 Å². The molecular weight excluding hydrogens is 204 g/mol. The lowest BCUT2D eigenvalue weighted by Crippen LogP contribution is -2.27. The number of anilines is 1. The number of rotatable bonds is 4. The van der Waals surface area contributed by atoms with Crippen molar-refractivity contribution in [1.29, 1.82) is 0 Å². The fourth-order valence-electron chi connectivity index (χ4n) is 1.87. The van der Waals surface area contributed by atoms with Gasteiger partial charge in [-0.2, -0.15) is 0 Å². The fraction of sp³-hybridized carbons (Fsp3) is 0.500. The Bertz CT molecular complexity index is 326. The van der Waals surface area contributed by atoms with Gasteiger partial charge in [0.15, 0.2) is 0 Å². The van der Waals surface area contributed by atoms with Crippen molar-refractivity contribution in [2.75, 3.05) is 32.0 Å². The van der Waals surface area contributed by atoms with E-state index in [1.807, 2.05) is 24.3 Å². The second-order valence-electron chi connectivity index (χ2n) is 4.16. The van der Waals surface area contributed by atoms with E-state index in [2.05, 4.69) is 4.90 Å². The van der Waals surface area contributed by atoms with Crippen LogP contribution in [0.5, 0.6) is 5.75 Å². The summed E-state index contributed by atoms with van der Waals surface area (Å²) in [4.78, 5) is 2.21. The van der Waals surface area contributed by atoms with Crippen LogP contribution in [0.2, 0.25) is 0 Å². The Morgan fingerprint density at radius 3 is 2.75 bits per heavy atom. The van der Waals surface area contributed by atoms with Gasteiger partial charge in [-0.15, -0.1) is 0 Å². The molecule has 1 aliphatic heterocycles. The second-order valence-corrected chi connectivity index (χ2v) is 4.16. The lowest BCUT2D eigenvalue weighted by atomic mass is 10.3. The number of hydrogen-bond donors (Lipinski definition) is 2. The molecule has 0 saturated carbocycles. The van der Waals surface area contributed by atoms with Gasteiger partial charge in [-0.3, -0.25) is 4.90 Å². The van der Waals surface area contributed by atoms with E-state index < -0.39 is 0 Å². The van der Waals surface area contributed by atoms with Gasteiger partial charge < -0.3 is 15.6 Å². The van der Waals surface area contributed by atoms with Crippen LogP contribution in [0.1, 0.15) is 6.42 Å². The van der Waals surface area contributed by atoms with E-state index in [9.17, 15) is 5.11 Å². The molecule has 1 atom stereocenters. The van der Waals surface area contributed by atoms with Crippen molar-refractivity contribution < 1.29 is 9.84 Å². The molecule has 1 heterocycles. The van der Waals surface area contributed by atoms with Crippen molar-refractivity contribution in [2.45, 2.75) is 12.5 Å². The van der Waals surface area contributed by atoms with Crippen LogP contribution in [0.25, 0.3) is 0 Å². The van der Waals surface area contributed by atoms with Crippen LogP contribution in [-0.2, 0) is 0 Å². The van der Waals surface area contributed by atoms with Gasteiger partial charge in [0.25, 0.3) is 0 Å². The Balaban J connectivity index is 1.70. The summed E-state index contributed by atoms with van der Waals surface area (Å²) >= 11 is 0. The molecule has 4 heteroatoms. The average molecular weight is 222 g/mol. The van der Waals surface area contributed by atoms with E-state index in [0.29, 0.717) is 6.61 Å². The molecule has 3 N–H and O–H groups in total. The number of aliphatic hydroxyl groups excluding tert-OH is 1. The summed E-state index contributed by atoms with van der Waals surface area (Å²) < 4.78 is 5.58. The highest BCUT2D eigenvalue weighted by atomic mass is 16.5. The number of hydrogen-bond acceptors (Lipinski definition) is 4. The summed E-state index contributed by atoms with van der Waals surface area (Å²) in [6, 6.07) is 7.40. The summed E-state index contributed by atoms with van der Waals surface area (Å²) in [5.41, 5.74) is 6.32. The molecule has 1 aromatic rings. The third kappa shape index (κ3) is 3.12. The lowest BCUT2D eigenvalue weighted by molar-refractivity contribution is 0.167. The van der Waals surface area contributed by atoms with Gasteiger partial charge in [-0.1, -0.05) is 0 Å². The Kier molecular flexibility index (Phi) is 3.64. The van der Waals surface area contributed by atoms with E-state index in [1.165, 1.54) is 0 Å². The highest BCUT2D eigenvalue weighted by molar-refractivity contribution is 5.41. The summed E-state index contributed by atoms with van der Waals surface area (Å²) in [6.07, 6.45) is 0.721. The molecule has 1 saturated heterocycles. The molecule has 2 rings (SSSR count). The number of ether oxygens (including phenoxy) is 1. The molecule has 1 aromatic carbocycles. The standard InChI is InChI=1S/C12H18N2O2/c13-10-1-3-12(4-2-10)16-8-7-14-6-5-11(15)9-14/h1-4,11,15H,5-9,13H2. The van der Waals surface area contributed by atoms with E-state index in [-0.39, 0.29) is 6.10 Å². The molecule has 0 spiro atoms. The molecule has 1 aliphatic rings. The number of benzene rings is 1. The van der Waals surface area contributed by atoms with Crippen molar-refractivity contribution in [3.63, 3.8) is 0 Å². The lowest BCUT2D eigenvalue weighted by Gasteiger charge is -2.15. The van der Waals surface area contributed by atoms with Crippen LogP contribution in [-0.4, -0.2) is 42.4 Å². The number of nitrogens with two attached hydrogens (primary N) is 1. The normalized spacial score (nSPS) is 21.2. The van der Waals surface area contributed by atoms with E-state index in [1.54, 1.807) is 0 Å².